The lowest BCUT2D eigenvalue weighted by molar-refractivity contribution is 0.928. The molecule has 0 fully saturated rings. The van der Waals surface area contributed by atoms with Gasteiger partial charge >= 0.3 is 0 Å². The lowest BCUT2D eigenvalue weighted by Crippen LogP contribution is -1.94. The van der Waals surface area contributed by atoms with Crippen LogP contribution in [0.15, 0.2) is 36.5 Å². The van der Waals surface area contributed by atoms with E-state index in [1.165, 1.54) is 5.56 Å². The van der Waals surface area contributed by atoms with Gasteiger partial charge in [-0.05, 0) is 5.56 Å². The van der Waals surface area contributed by atoms with E-state index in [0.29, 0.717) is 5.95 Å². The van der Waals surface area contributed by atoms with E-state index in [1.54, 1.807) is 0 Å². The molecule has 0 unspecified atom stereocenters. The summed E-state index contributed by atoms with van der Waals surface area (Å²) in [4.78, 5) is 4.25. The molecule has 2 rings (SSSR count). The summed E-state index contributed by atoms with van der Waals surface area (Å²) >= 11 is 0. The highest BCUT2D eigenvalue weighted by Crippen LogP contribution is 2.09. The van der Waals surface area contributed by atoms with Crippen LogP contribution in [0.4, 0.5) is 5.95 Å². The number of nitrogen functional groups attached to an aromatic ring is 1. The Morgan fingerprint density at radius 3 is 2.57 bits per heavy atom. The summed E-state index contributed by atoms with van der Waals surface area (Å²) in [5.74, 6) is 0.566. The van der Waals surface area contributed by atoms with Gasteiger partial charge in [0.1, 0.15) is 0 Å². The summed E-state index contributed by atoms with van der Waals surface area (Å²) < 4.78 is 1.83. The average molecular weight is 187 g/mol. The van der Waals surface area contributed by atoms with E-state index in [2.05, 4.69) is 17.1 Å². The predicted molar refractivity (Wildman–Crippen MR) is 56.9 cm³/mol. The van der Waals surface area contributed by atoms with E-state index in [1.807, 2.05) is 36.0 Å². The maximum Gasteiger partial charge on any atom is 0.200 e. The van der Waals surface area contributed by atoms with Crippen molar-refractivity contribution in [2.75, 3.05) is 5.73 Å². The molecule has 1 aromatic heterocycles. The molecule has 1 aromatic carbocycles. The Morgan fingerprint density at radius 2 is 2.00 bits per heavy atom. The Kier molecular flexibility index (Phi) is 2.23. The number of aryl methyl sites for hydroxylation is 1. The van der Waals surface area contributed by atoms with Crippen LogP contribution < -0.4 is 5.73 Å². The number of hydrogen-bond acceptors (Lipinski definition) is 2. The normalized spacial score (nSPS) is 10.4. The van der Waals surface area contributed by atoms with Crippen molar-refractivity contribution in [3.63, 3.8) is 0 Å². The molecule has 72 valence electrons. The molecule has 0 bridgehead atoms. The first-order chi connectivity index (χ1) is 6.75. The van der Waals surface area contributed by atoms with Gasteiger partial charge in [-0.1, -0.05) is 30.3 Å². The first kappa shape index (κ1) is 8.81. The molecular formula is C11H13N3. The van der Waals surface area contributed by atoms with Crippen LogP contribution in [0, 0.1) is 0 Å². The number of hydrogen-bond donors (Lipinski definition) is 1. The Morgan fingerprint density at radius 1 is 1.29 bits per heavy atom. The molecule has 14 heavy (non-hydrogen) atoms. The molecule has 0 spiro atoms. The quantitative estimate of drug-likeness (QED) is 0.776. The van der Waals surface area contributed by atoms with Gasteiger partial charge in [0.2, 0.25) is 0 Å². The van der Waals surface area contributed by atoms with Gasteiger partial charge in [-0.25, -0.2) is 4.98 Å². The first-order valence-electron chi connectivity index (χ1n) is 4.57. The van der Waals surface area contributed by atoms with Crippen molar-refractivity contribution in [3.8, 4) is 0 Å². The smallest absolute Gasteiger partial charge is 0.200 e. The van der Waals surface area contributed by atoms with Crippen molar-refractivity contribution in [1.82, 2.24) is 9.55 Å². The van der Waals surface area contributed by atoms with Gasteiger partial charge in [-0.15, -0.1) is 0 Å². The van der Waals surface area contributed by atoms with E-state index in [4.69, 9.17) is 5.73 Å². The van der Waals surface area contributed by atoms with E-state index in [-0.39, 0.29) is 0 Å². The molecule has 0 atom stereocenters. The summed E-state index contributed by atoms with van der Waals surface area (Å²) in [5.41, 5.74) is 7.91. The van der Waals surface area contributed by atoms with Crippen LogP contribution in [0.2, 0.25) is 0 Å². The van der Waals surface area contributed by atoms with E-state index < -0.39 is 0 Å². The van der Waals surface area contributed by atoms with Crippen LogP contribution in [-0.4, -0.2) is 9.55 Å². The largest absolute Gasteiger partial charge is 0.369 e. The highest BCUT2D eigenvalue weighted by atomic mass is 15.1. The molecule has 0 aliphatic carbocycles. The van der Waals surface area contributed by atoms with Gasteiger partial charge in [0.05, 0.1) is 5.69 Å². The van der Waals surface area contributed by atoms with Gasteiger partial charge in [0, 0.05) is 19.7 Å². The molecular weight excluding hydrogens is 174 g/mol. The summed E-state index contributed by atoms with van der Waals surface area (Å²) in [5, 5.41) is 0. The monoisotopic (exact) mass is 187 g/mol. The van der Waals surface area contributed by atoms with Crippen molar-refractivity contribution in [3.05, 3.63) is 47.8 Å². The minimum absolute atomic E-state index is 0.566. The third kappa shape index (κ3) is 1.76. The van der Waals surface area contributed by atoms with Gasteiger partial charge in [0.25, 0.3) is 0 Å². The minimum atomic E-state index is 0.566. The van der Waals surface area contributed by atoms with E-state index >= 15 is 0 Å². The molecule has 2 aromatic rings. The topological polar surface area (TPSA) is 43.8 Å². The second-order valence-electron chi connectivity index (χ2n) is 3.36. The molecule has 0 radical (unpaired) electrons. The number of rotatable bonds is 2. The zero-order valence-corrected chi connectivity index (χ0v) is 8.14. The van der Waals surface area contributed by atoms with E-state index in [0.717, 1.165) is 12.1 Å². The SMILES string of the molecule is Cn1cc(Cc2ccccc2)nc1N. The van der Waals surface area contributed by atoms with Crippen LogP contribution in [0.5, 0.6) is 0 Å². The fraction of sp³-hybridized carbons (Fsp3) is 0.182. The number of nitrogens with zero attached hydrogens (tertiary/aromatic N) is 2. The first-order valence-corrected chi connectivity index (χ1v) is 4.57. The molecule has 0 saturated heterocycles. The second kappa shape index (κ2) is 3.54. The van der Waals surface area contributed by atoms with Crippen LogP contribution in [0.3, 0.4) is 0 Å². The Balaban J connectivity index is 2.19. The van der Waals surface area contributed by atoms with Crippen LogP contribution in [-0.2, 0) is 13.5 Å². The molecule has 0 aliphatic rings. The molecule has 0 amide bonds. The minimum Gasteiger partial charge on any atom is -0.369 e. The Hall–Kier alpha value is -1.77. The standard InChI is InChI=1S/C11H13N3/c1-14-8-10(13-11(14)12)7-9-5-3-2-4-6-9/h2-6,8H,7H2,1H3,(H2,12,13). The lowest BCUT2D eigenvalue weighted by atomic mass is 10.1. The van der Waals surface area contributed by atoms with Crippen LogP contribution in [0.25, 0.3) is 0 Å². The molecule has 3 heteroatoms. The van der Waals surface area contributed by atoms with Crippen molar-refractivity contribution >= 4 is 5.95 Å². The fourth-order valence-electron chi connectivity index (χ4n) is 1.43. The maximum absolute atomic E-state index is 5.65. The number of aromatic nitrogens is 2. The number of nitrogens with two attached hydrogens (primary N) is 1. The average Bonchev–Trinajstić information content (AvgIpc) is 2.47. The van der Waals surface area contributed by atoms with Crippen molar-refractivity contribution < 1.29 is 0 Å². The van der Waals surface area contributed by atoms with Crippen molar-refractivity contribution in [2.45, 2.75) is 6.42 Å². The molecule has 2 N–H and O–H groups in total. The summed E-state index contributed by atoms with van der Waals surface area (Å²) in [6.45, 7) is 0. The van der Waals surface area contributed by atoms with Gasteiger partial charge < -0.3 is 10.3 Å². The fourth-order valence-corrected chi connectivity index (χ4v) is 1.43. The number of benzene rings is 1. The summed E-state index contributed by atoms with van der Waals surface area (Å²) in [6, 6.07) is 10.2. The summed E-state index contributed by atoms with van der Waals surface area (Å²) in [6.07, 6.45) is 2.80. The van der Waals surface area contributed by atoms with Crippen molar-refractivity contribution in [1.29, 1.82) is 0 Å². The van der Waals surface area contributed by atoms with Gasteiger partial charge in [-0.3, -0.25) is 0 Å². The molecule has 0 saturated carbocycles. The third-order valence-corrected chi connectivity index (χ3v) is 2.19. The molecule has 0 aliphatic heterocycles. The highest BCUT2D eigenvalue weighted by molar-refractivity contribution is 5.26. The van der Waals surface area contributed by atoms with Crippen molar-refractivity contribution in [2.24, 2.45) is 7.05 Å². The zero-order chi connectivity index (χ0) is 9.97. The number of imidazole rings is 1. The Bertz CT molecular complexity index is 398. The third-order valence-electron chi connectivity index (χ3n) is 2.19. The molecule has 1 heterocycles. The zero-order valence-electron chi connectivity index (χ0n) is 8.14. The van der Waals surface area contributed by atoms with Crippen LogP contribution in [0.1, 0.15) is 11.3 Å². The maximum atomic E-state index is 5.65. The second-order valence-corrected chi connectivity index (χ2v) is 3.36. The number of anilines is 1. The summed E-state index contributed by atoms with van der Waals surface area (Å²) in [7, 11) is 1.90. The van der Waals surface area contributed by atoms with Gasteiger partial charge in [-0.2, -0.15) is 0 Å². The molecule has 3 nitrogen and oxygen atoms in total. The highest BCUT2D eigenvalue weighted by Gasteiger charge is 2.01. The Labute approximate surface area is 83.2 Å². The predicted octanol–water partition coefficient (Wildman–Crippen LogP) is 1.59. The van der Waals surface area contributed by atoms with Crippen LogP contribution >= 0.6 is 0 Å². The van der Waals surface area contributed by atoms with Gasteiger partial charge in [0.15, 0.2) is 5.95 Å². The lowest BCUT2D eigenvalue weighted by Gasteiger charge is -1.95. The van der Waals surface area contributed by atoms with E-state index in [9.17, 15) is 0 Å².